The molecule has 2 heteroatoms. The van der Waals surface area contributed by atoms with Gasteiger partial charge in [0, 0.05) is 0 Å². The summed E-state index contributed by atoms with van der Waals surface area (Å²) in [6, 6.07) is 0. The van der Waals surface area contributed by atoms with E-state index in [0.29, 0.717) is 0 Å². The van der Waals surface area contributed by atoms with E-state index in [0.717, 1.165) is 17.9 Å². The van der Waals surface area contributed by atoms with Crippen LogP contribution in [0.1, 0.15) is 20.3 Å². The molecule has 1 N–H and O–H groups in total. The van der Waals surface area contributed by atoms with Crippen LogP contribution in [0.5, 0.6) is 0 Å². The van der Waals surface area contributed by atoms with E-state index in [1.807, 2.05) is 0 Å². The summed E-state index contributed by atoms with van der Waals surface area (Å²) < 4.78 is 0. The normalized spacial score (nSPS) is 10.5. The highest BCUT2D eigenvalue weighted by Crippen LogP contribution is 1.95. The van der Waals surface area contributed by atoms with E-state index in [2.05, 4.69) is 35.1 Å². The van der Waals surface area contributed by atoms with Crippen LogP contribution in [0.4, 0.5) is 0 Å². The molecule has 0 fully saturated rings. The lowest BCUT2D eigenvalue weighted by molar-refractivity contribution is 0.560. The first kappa shape index (κ1) is 8.44. The Balaban J connectivity index is 2.72. The first-order valence-corrected chi connectivity index (χ1v) is 4.16. The lowest BCUT2D eigenvalue weighted by atomic mass is 10.1. The van der Waals surface area contributed by atoms with Gasteiger partial charge in [0.15, 0.2) is 0 Å². The molecule has 8 heavy (non-hydrogen) atoms. The van der Waals surface area contributed by atoms with Crippen molar-refractivity contribution in [1.29, 1.82) is 0 Å². The molecule has 0 saturated heterocycles. The molecule has 0 aromatic carbocycles. The number of halogens is 1. The smallest absolute Gasteiger partial charge is 0.0517 e. The second-order valence-electron chi connectivity index (χ2n) is 2.32. The van der Waals surface area contributed by atoms with Gasteiger partial charge in [-0.2, -0.15) is 0 Å². The standard InChI is InChI=1S/C6H14BrN/c1-6(2)3-4-8-5-7/h6,8H,3-5H2,1-2H3. The van der Waals surface area contributed by atoms with Crippen molar-refractivity contribution >= 4 is 15.9 Å². The highest BCUT2D eigenvalue weighted by molar-refractivity contribution is 9.09. The molecule has 0 heterocycles. The van der Waals surface area contributed by atoms with Crippen molar-refractivity contribution < 1.29 is 0 Å². The van der Waals surface area contributed by atoms with E-state index in [1.165, 1.54) is 6.42 Å². The molecular formula is C6H14BrN. The maximum absolute atomic E-state index is 3.29. The van der Waals surface area contributed by atoms with Crippen LogP contribution in [-0.2, 0) is 0 Å². The van der Waals surface area contributed by atoms with Gasteiger partial charge in [0.05, 0.1) is 5.45 Å². The minimum absolute atomic E-state index is 0.821. The van der Waals surface area contributed by atoms with Gasteiger partial charge in [0.25, 0.3) is 0 Å². The van der Waals surface area contributed by atoms with Gasteiger partial charge in [-0.3, -0.25) is 0 Å². The Morgan fingerprint density at radius 1 is 1.50 bits per heavy atom. The topological polar surface area (TPSA) is 12.0 Å². The molecule has 0 aliphatic carbocycles. The molecular weight excluding hydrogens is 166 g/mol. The second kappa shape index (κ2) is 5.57. The van der Waals surface area contributed by atoms with Crippen LogP contribution in [0, 0.1) is 5.92 Å². The van der Waals surface area contributed by atoms with Crippen molar-refractivity contribution in [2.75, 3.05) is 12.0 Å². The summed E-state index contributed by atoms with van der Waals surface area (Å²) >= 11 is 3.29. The van der Waals surface area contributed by atoms with E-state index in [1.54, 1.807) is 0 Å². The Hall–Kier alpha value is 0.440. The predicted octanol–water partition coefficient (Wildman–Crippen LogP) is 1.97. The first-order chi connectivity index (χ1) is 3.77. The Morgan fingerprint density at radius 3 is 2.50 bits per heavy atom. The van der Waals surface area contributed by atoms with Crippen LogP contribution in [0.2, 0.25) is 0 Å². The quantitative estimate of drug-likeness (QED) is 0.396. The second-order valence-corrected chi connectivity index (χ2v) is 2.88. The lowest BCUT2D eigenvalue weighted by Crippen LogP contribution is -2.13. The molecule has 0 unspecified atom stereocenters. The summed E-state index contributed by atoms with van der Waals surface area (Å²) in [6.07, 6.45) is 1.27. The van der Waals surface area contributed by atoms with E-state index in [4.69, 9.17) is 0 Å². The first-order valence-electron chi connectivity index (χ1n) is 3.04. The molecule has 0 atom stereocenters. The molecule has 50 valence electrons. The van der Waals surface area contributed by atoms with Crippen molar-refractivity contribution in [3.05, 3.63) is 0 Å². The Kier molecular flexibility index (Phi) is 5.88. The SMILES string of the molecule is CC(C)CCNCBr. The number of nitrogens with one attached hydrogen (secondary N) is 1. The fraction of sp³-hybridized carbons (Fsp3) is 1.00. The average Bonchev–Trinajstić information content (AvgIpc) is 1.66. The fourth-order valence-electron chi connectivity index (χ4n) is 0.458. The zero-order valence-corrected chi connectivity index (χ0v) is 7.16. The molecule has 1 nitrogen and oxygen atoms in total. The lowest BCUT2D eigenvalue weighted by Gasteiger charge is -2.02. The molecule has 0 saturated carbocycles. The highest BCUT2D eigenvalue weighted by atomic mass is 79.9. The van der Waals surface area contributed by atoms with E-state index in [9.17, 15) is 0 Å². The monoisotopic (exact) mass is 179 g/mol. The van der Waals surface area contributed by atoms with Crippen LogP contribution in [0.15, 0.2) is 0 Å². The van der Waals surface area contributed by atoms with Crippen molar-refractivity contribution in [3.8, 4) is 0 Å². The number of hydrogen-bond acceptors (Lipinski definition) is 1. The molecule has 0 aliphatic heterocycles. The molecule has 0 radical (unpaired) electrons. The fourth-order valence-corrected chi connectivity index (χ4v) is 0.738. The number of rotatable bonds is 4. The number of alkyl halides is 1. The zero-order valence-electron chi connectivity index (χ0n) is 5.58. The van der Waals surface area contributed by atoms with Crippen LogP contribution in [0.25, 0.3) is 0 Å². The van der Waals surface area contributed by atoms with Gasteiger partial charge in [-0.25, -0.2) is 0 Å². The Labute approximate surface area is 60.0 Å². The Bertz CT molecular complexity index is 45.8. The summed E-state index contributed by atoms with van der Waals surface area (Å²) in [5.74, 6) is 0.821. The zero-order chi connectivity index (χ0) is 6.41. The van der Waals surface area contributed by atoms with Crippen molar-refractivity contribution in [2.24, 2.45) is 5.92 Å². The molecule has 0 aromatic heterocycles. The maximum Gasteiger partial charge on any atom is 0.0517 e. The minimum atomic E-state index is 0.821. The van der Waals surface area contributed by atoms with Crippen molar-refractivity contribution in [3.63, 3.8) is 0 Å². The molecule has 0 rings (SSSR count). The van der Waals surface area contributed by atoms with Crippen molar-refractivity contribution in [1.82, 2.24) is 5.32 Å². The van der Waals surface area contributed by atoms with Gasteiger partial charge in [-0.15, -0.1) is 0 Å². The van der Waals surface area contributed by atoms with E-state index < -0.39 is 0 Å². The third-order valence-corrected chi connectivity index (χ3v) is 1.39. The largest absolute Gasteiger partial charge is 0.307 e. The molecule has 0 amide bonds. The van der Waals surface area contributed by atoms with E-state index >= 15 is 0 Å². The predicted molar refractivity (Wildman–Crippen MR) is 41.3 cm³/mol. The molecule has 0 bridgehead atoms. The third-order valence-electron chi connectivity index (χ3n) is 0.993. The average molecular weight is 180 g/mol. The van der Waals surface area contributed by atoms with Crippen molar-refractivity contribution in [2.45, 2.75) is 20.3 Å². The molecule has 0 aliphatic rings. The van der Waals surface area contributed by atoms with Gasteiger partial charge in [0.2, 0.25) is 0 Å². The minimum Gasteiger partial charge on any atom is -0.307 e. The highest BCUT2D eigenvalue weighted by Gasteiger charge is 1.89. The van der Waals surface area contributed by atoms with Crippen LogP contribution in [-0.4, -0.2) is 12.0 Å². The van der Waals surface area contributed by atoms with Gasteiger partial charge in [0.1, 0.15) is 0 Å². The van der Waals surface area contributed by atoms with Crippen LogP contribution < -0.4 is 5.32 Å². The summed E-state index contributed by atoms with van der Waals surface area (Å²) in [5, 5.41) is 3.20. The number of hydrogen-bond donors (Lipinski definition) is 1. The molecule has 0 aromatic rings. The summed E-state index contributed by atoms with van der Waals surface area (Å²) in [6.45, 7) is 5.59. The Morgan fingerprint density at radius 2 is 2.12 bits per heavy atom. The summed E-state index contributed by atoms with van der Waals surface area (Å²) in [7, 11) is 0. The molecule has 0 spiro atoms. The maximum atomic E-state index is 3.29. The van der Waals surface area contributed by atoms with Gasteiger partial charge >= 0.3 is 0 Å². The van der Waals surface area contributed by atoms with Crippen LogP contribution in [0.3, 0.4) is 0 Å². The van der Waals surface area contributed by atoms with Gasteiger partial charge in [-0.1, -0.05) is 29.8 Å². The summed E-state index contributed by atoms with van der Waals surface area (Å²) in [4.78, 5) is 0. The van der Waals surface area contributed by atoms with E-state index in [-0.39, 0.29) is 0 Å². The van der Waals surface area contributed by atoms with Gasteiger partial charge < -0.3 is 5.32 Å². The summed E-state index contributed by atoms with van der Waals surface area (Å²) in [5.41, 5.74) is 0.916. The third kappa shape index (κ3) is 6.44. The van der Waals surface area contributed by atoms with Crippen LogP contribution >= 0.6 is 15.9 Å². The van der Waals surface area contributed by atoms with Gasteiger partial charge in [-0.05, 0) is 18.9 Å².